The summed E-state index contributed by atoms with van der Waals surface area (Å²) in [6.07, 6.45) is 9.84. The van der Waals surface area contributed by atoms with Crippen molar-refractivity contribution in [2.75, 3.05) is 19.8 Å². The molecule has 0 atom stereocenters. The van der Waals surface area contributed by atoms with Crippen LogP contribution in [0.1, 0.15) is 51.4 Å². The van der Waals surface area contributed by atoms with Gasteiger partial charge in [0, 0.05) is 19.8 Å². The van der Waals surface area contributed by atoms with Gasteiger partial charge < -0.3 is 9.84 Å². The van der Waals surface area contributed by atoms with Crippen LogP contribution >= 0.6 is 0 Å². The van der Waals surface area contributed by atoms with Gasteiger partial charge in [-0.05, 0) is 19.8 Å². The summed E-state index contributed by atoms with van der Waals surface area (Å²) in [6, 6.07) is 0. The Bertz CT molecular complexity index is 82.3. The molecule has 2 heteroatoms. The lowest BCUT2D eigenvalue weighted by Gasteiger charge is -2.02. The van der Waals surface area contributed by atoms with Gasteiger partial charge in [0.15, 0.2) is 0 Å². The van der Waals surface area contributed by atoms with Crippen LogP contribution in [0, 0.1) is 6.92 Å². The molecule has 0 aromatic rings. The molecule has 0 fully saturated rings. The molecule has 0 aliphatic carbocycles. The van der Waals surface area contributed by atoms with E-state index in [1.165, 1.54) is 44.9 Å². The third kappa shape index (κ3) is 11.9. The van der Waals surface area contributed by atoms with E-state index in [4.69, 9.17) is 9.84 Å². The largest absolute Gasteiger partial charge is 0.396 e. The second-order valence-corrected chi connectivity index (χ2v) is 3.66. The summed E-state index contributed by atoms with van der Waals surface area (Å²) >= 11 is 0. The molecular weight excluding hydrogens is 176 g/mol. The van der Waals surface area contributed by atoms with Gasteiger partial charge in [0.05, 0.1) is 0 Å². The van der Waals surface area contributed by atoms with Crippen molar-refractivity contribution in [1.82, 2.24) is 0 Å². The molecule has 0 aliphatic heterocycles. The molecule has 85 valence electrons. The normalized spacial score (nSPS) is 10.7. The van der Waals surface area contributed by atoms with E-state index in [-0.39, 0.29) is 0 Å². The van der Waals surface area contributed by atoms with E-state index in [1.807, 2.05) is 0 Å². The molecule has 0 spiro atoms. The second kappa shape index (κ2) is 12.9. The molecule has 0 saturated carbocycles. The fourth-order valence-corrected chi connectivity index (χ4v) is 1.48. The van der Waals surface area contributed by atoms with Gasteiger partial charge in [-0.25, -0.2) is 0 Å². The molecule has 0 saturated heterocycles. The van der Waals surface area contributed by atoms with Gasteiger partial charge in [0.2, 0.25) is 0 Å². The predicted molar refractivity (Wildman–Crippen MR) is 60.2 cm³/mol. The Morgan fingerprint density at radius 3 is 1.79 bits per heavy atom. The molecule has 0 aliphatic rings. The first-order chi connectivity index (χ1) is 6.91. The number of hydrogen-bond acceptors (Lipinski definition) is 2. The number of rotatable bonds is 11. The van der Waals surface area contributed by atoms with Crippen molar-refractivity contribution in [2.45, 2.75) is 51.4 Å². The highest BCUT2D eigenvalue weighted by Crippen LogP contribution is 2.08. The van der Waals surface area contributed by atoms with Crippen molar-refractivity contribution in [1.29, 1.82) is 0 Å². The van der Waals surface area contributed by atoms with Crippen molar-refractivity contribution in [2.24, 2.45) is 0 Å². The SMILES string of the molecule is [CH2]COCCCCCCCCCCO. The van der Waals surface area contributed by atoms with Gasteiger partial charge in [-0.15, -0.1) is 0 Å². The van der Waals surface area contributed by atoms with Crippen molar-refractivity contribution >= 4 is 0 Å². The van der Waals surface area contributed by atoms with Crippen LogP contribution in [0.4, 0.5) is 0 Å². The van der Waals surface area contributed by atoms with Crippen LogP contribution in [-0.2, 0) is 4.74 Å². The third-order valence-electron chi connectivity index (χ3n) is 2.34. The van der Waals surface area contributed by atoms with E-state index in [0.717, 1.165) is 13.0 Å². The average molecular weight is 201 g/mol. The molecule has 0 rings (SSSR count). The standard InChI is InChI=1S/C12H25O2/c1-2-14-12-10-8-6-4-3-5-7-9-11-13/h13H,1-12H2. The van der Waals surface area contributed by atoms with Crippen LogP contribution in [-0.4, -0.2) is 24.9 Å². The van der Waals surface area contributed by atoms with Crippen LogP contribution in [0.15, 0.2) is 0 Å². The molecule has 1 radical (unpaired) electrons. The summed E-state index contributed by atoms with van der Waals surface area (Å²) in [5, 5.41) is 8.57. The van der Waals surface area contributed by atoms with Crippen LogP contribution < -0.4 is 0 Å². The fraction of sp³-hybridized carbons (Fsp3) is 0.917. The molecule has 0 heterocycles. The van der Waals surface area contributed by atoms with E-state index in [0.29, 0.717) is 13.2 Å². The predicted octanol–water partition coefficient (Wildman–Crippen LogP) is 2.95. The highest BCUT2D eigenvalue weighted by Gasteiger charge is 1.91. The first-order valence-corrected chi connectivity index (χ1v) is 5.89. The summed E-state index contributed by atoms with van der Waals surface area (Å²) < 4.78 is 5.15. The first kappa shape index (κ1) is 13.9. The lowest BCUT2D eigenvalue weighted by atomic mass is 10.1. The zero-order chi connectivity index (χ0) is 10.5. The fourth-order valence-electron chi connectivity index (χ4n) is 1.48. The quantitative estimate of drug-likeness (QED) is 0.521. The molecule has 2 nitrogen and oxygen atoms in total. The maximum absolute atomic E-state index is 8.57. The Balaban J connectivity index is 2.78. The Hall–Kier alpha value is -0.0800. The molecular formula is C12H25O2. The Morgan fingerprint density at radius 2 is 1.29 bits per heavy atom. The topological polar surface area (TPSA) is 29.5 Å². The summed E-state index contributed by atoms with van der Waals surface area (Å²) in [5.74, 6) is 0. The molecule has 0 aromatic carbocycles. The molecule has 0 unspecified atom stereocenters. The molecule has 14 heavy (non-hydrogen) atoms. The number of ether oxygens (including phenoxy) is 1. The van der Waals surface area contributed by atoms with Gasteiger partial charge >= 0.3 is 0 Å². The van der Waals surface area contributed by atoms with E-state index in [2.05, 4.69) is 6.92 Å². The molecule has 0 bridgehead atoms. The smallest absolute Gasteiger partial charge is 0.0466 e. The monoisotopic (exact) mass is 201 g/mol. The van der Waals surface area contributed by atoms with Crippen LogP contribution in [0.2, 0.25) is 0 Å². The summed E-state index contributed by atoms with van der Waals surface area (Å²) in [7, 11) is 0. The maximum atomic E-state index is 8.57. The maximum Gasteiger partial charge on any atom is 0.0466 e. The van der Waals surface area contributed by atoms with Crippen LogP contribution in [0.5, 0.6) is 0 Å². The zero-order valence-electron chi connectivity index (χ0n) is 9.34. The van der Waals surface area contributed by atoms with Gasteiger partial charge in [-0.3, -0.25) is 0 Å². The van der Waals surface area contributed by atoms with E-state index in [9.17, 15) is 0 Å². The van der Waals surface area contributed by atoms with Crippen molar-refractivity contribution in [3.63, 3.8) is 0 Å². The molecule has 1 N–H and O–H groups in total. The Labute approximate surface area is 88.7 Å². The van der Waals surface area contributed by atoms with Gasteiger partial charge in [0.25, 0.3) is 0 Å². The number of hydrogen-bond donors (Lipinski definition) is 1. The van der Waals surface area contributed by atoms with Crippen molar-refractivity contribution in [3.05, 3.63) is 6.92 Å². The molecule has 0 amide bonds. The van der Waals surface area contributed by atoms with Gasteiger partial charge in [0.1, 0.15) is 0 Å². The minimum absolute atomic E-state index is 0.350. The first-order valence-electron chi connectivity index (χ1n) is 5.89. The van der Waals surface area contributed by atoms with E-state index < -0.39 is 0 Å². The van der Waals surface area contributed by atoms with E-state index >= 15 is 0 Å². The van der Waals surface area contributed by atoms with Crippen LogP contribution in [0.25, 0.3) is 0 Å². The Morgan fingerprint density at radius 1 is 0.786 bits per heavy atom. The lowest BCUT2D eigenvalue weighted by Crippen LogP contribution is -1.93. The van der Waals surface area contributed by atoms with E-state index in [1.54, 1.807) is 0 Å². The molecule has 0 aromatic heterocycles. The highest BCUT2D eigenvalue weighted by atomic mass is 16.5. The van der Waals surface area contributed by atoms with Crippen molar-refractivity contribution in [3.8, 4) is 0 Å². The summed E-state index contributed by atoms with van der Waals surface area (Å²) in [4.78, 5) is 0. The van der Waals surface area contributed by atoms with Gasteiger partial charge in [-0.2, -0.15) is 0 Å². The lowest BCUT2D eigenvalue weighted by molar-refractivity contribution is 0.156. The van der Waals surface area contributed by atoms with Crippen LogP contribution in [0.3, 0.4) is 0 Å². The highest BCUT2D eigenvalue weighted by molar-refractivity contribution is 4.46. The minimum Gasteiger partial charge on any atom is -0.396 e. The Kier molecular flexibility index (Phi) is 12.8. The van der Waals surface area contributed by atoms with Gasteiger partial charge in [-0.1, -0.05) is 38.5 Å². The number of aliphatic hydroxyl groups excluding tert-OH is 1. The summed E-state index contributed by atoms with van der Waals surface area (Å²) in [5.41, 5.74) is 0. The summed E-state index contributed by atoms with van der Waals surface area (Å²) in [6.45, 7) is 5.44. The third-order valence-corrected chi connectivity index (χ3v) is 2.34. The second-order valence-electron chi connectivity index (χ2n) is 3.66. The number of aliphatic hydroxyl groups is 1. The average Bonchev–Trinajstić information content (AvgIpc) is 2.21. The van der Waals surface area contributed by atoms with Crippen molar-refractivity contribution < 1.29 is 9.84 Å². The minimum atomic E-state index is 0.350. The number of unbranched alkanes of at least 4 members (excludes halogenated alkanes) is 7. The zero-order valence-corrected chi connectivity index (χ0v) is 9.34.